The molecule has 0 aliphatic heterocycles. The fraction of sp³-hybridized carbons (Fsp3) is 0.500. The minimum absolute atomic E-state index is 0.635. The summed E-state index contributed by atoms with van der Waals surface area (Å²) in [5, 5.41) is 0. The molecule has 0 aromatic heterocycles. The molecule has 0 aliphatic carbocycles. The smallest absolute Gasteiger partial charge is 0.0258 e. The molecule has 29 valence electrons. The highest BCUT2D eigenvalue weighted by Gasteiger charge is 1.64. The number of rotatable bonds is 2. The van der Waals surface area contributed by atoms with Crippen molar-refractivity contribution in [3.05, 3.63) is 12.7 Å². The molecule has 0 rings (SSSR count). The zero-order valence-electron chi connectivity index (χ0n) is 2.95. The second-order valence-corrected chi connectivity index (χ2v) is 1.09. The molecule has 0 fully saturated rings. The Labute approximate surface area is 37.4 Å². The van der Waals surface area contributed by atoms with Crippen LogP contribution < -0.4 is 0 Å². The maximum absolute atomic E-state index is 5.19. The van der Waals surface area contributed by atoms with Gasteiger partial charge in [-0.15, -0.1) is 11.6 Å². The fourth-order valence-electron chi connectivity index (χ4n) is 0.0630. The van der Waals surface area contributed by atoms with Crippen LogP contribution in [0.25, 0.3) is 0 Å². The number of alkyl halides is 1. The van der Waals surface area contributed by atoms with Gasteiger partial charge in [0.15, 0.2) is 0 Å². The Morgan fingerprint density at radius 3 is 2.40 bits per heavy atom. The highest BCUT2D eigenvalue weighted by Crippen LogP contribution is 1.80. The molecule has 0 spiro atoms. The van der Waals surface area contributed by atoms with Crippen molar-refractivity contribution in [3.8, 4) is 0 Å². The molecule has 0 heterocycles. The lowest BCUT2D eigenvalue weighted by molar-refractivity contribution is 1.24. The Kier molecular flexibility index (Phi) is 4.05. The second kappa shape index (κ2) is 4.03. The minimum Gasteiger partial charge on any atom is -0.126 e. The van der Waals surface area contributed by atoms with E-state index in [1.807, 2.05) is 0 Å². The zero-order chi connectivity index (χ0) is 4.12. The van der Waals surface area contributed by atoms with Crippen LogP contribution in [0.5, 0.6) is 0 Å². The van der Waals surface area contributed by atoms with Gasteiger partial charge in [0.05, 0.1) is 0 Å². The summed E-state index contributed by atoms with van der Waals surface area (Å²) >= 11 is 5.19. The quantitative estimate of drug-likeness (QED) is 0.451. The normalized spacial score (nSPS) is 7.40. The summed E-state index contributed by atoms with van der Waals surface area (Å²) in [5.74, 6) is 0.635. The Balaban J connectivity index is 2.40. The van der Waals surface area contributed by atoms with E-state index >= 15 is 0 Å². The van der Waals surface area contributed by atoms with Gasteiger partial charge in [0.2, 0.25) is 0 Å². The van der Waals surface area contributed by atoms with Gasteiger partial charge in [0, 0.05) is 5.88 Å². The van der Waals surface area contributed by atoms with Crippen LogP contribution in [0.1, 0.15) is 6.42 Å². The van der Waals surface area contributed by atoms with Gasteiger partial charge in [-0.25, -0.2) is 0 Å². The lowest BCUT2D eigenvalue weighted by atomic mass is 10.5. The molecule has 0 bridgehead atoms. The fourth-order valence-corrected chi connectivity index (χ4v) is 0.189. The highest BCUT2D eigenvalue weighted by molar-refractivity contribution is 6.17. The Morgan fingerprint density at radius 1 is 1.80 bits per heavy atom. The summed E-state index contributed by atoms with van der Waals surface area (Å²) in [6, 6.07) is 0. The molecule has 5 heavy (non-hydrogen) atoms. The lowest BCUT2D eigenvalue weighted by Crippen LogP contribution is -1.59. The van der Waals surface area contributed by atoms with Crippen molar-refractivity contribution in [2.45, 2.75) is 6.42 Å². The van der Waals surface area contributed by atoms with E-state index in [1.165, 1.54) is 0 Å². The summed E-state index contributed by atoms with van der Waals surface area (Å²) in [4.78, 5) is 0. The third kappa shape index (κ3) is 4.03. The molecule has 1 heteroatoms. The number of allylic oxidation sites excluding steroid dienone is 1. The first kappa shape index (κ1) is 5.03. The van der Waals surface area contributed by atoms with E-state index in [1.54, 1.807) is 6.08 Å². The molecule has 0 unspecified atom stereocenters. The molecule has 0 N–H and O–H groups in total. The van der Waals surface area contributed by atoms with Gasteiger partial charge in [-0.3, -0.25) is 0 Å². The summed E-state index contributed by atoms with van der Waals surface area (Å²) in [6.45, 7) is 4.93. The summed E-state index contributed by atoms with van der Waals surface area (Å²) in [5.41, 5.74) is 0. The SMILES string of the molecule is [CH]=CCCCl. The first-order chi connectivity index (χ1) is 2.41. The van der Waals surface area contributed by atoms with Gasteiger partial charge in [0.1, 0.15) is 0 Å². The molecule has 0 saturated heterocycles. The monoisotopic (exact) mass is 89.0 g/mol. The summed E-state index contributed by atoms with van der Waals surface area (Å²) in [6.07, 6.45) is 2.36. The average molecular weight is 89.5 g/mol. The van der Waals surface area contributed by atoms with E-state index in [9.17, 15) is 0 Å². The Bertz CT molecular complexity index is 24.8. The molecule has 0 saturated carbocycles. The van der Waals surface area contributed by atoms with Crippen LogP contribution in [0.15, 0.2) is 6.08 Å². The van der Waals surface area contributed by atoms with Crippen LogP contribution >= 0.6 is 11.6 Å². The molecular formula is C4H6Cl. The lowest BCUT2D eigenvalue weighted by Gasteiger charge is -1.70. The van der Waals surface area contributed by atoms with Gasteiger partial charge in [0.25, 0.3) is 0 Å². The third-order valence-electron chi connectivity index (χ3n) is 0.276. The van der Waals surface area contributed by atoms with Gasteiger partial charge in [-0.1, -0.05) is 12.7 Å². The Morgan fingerprint density at radius 2 is 2.40 bits per heavy atom. The van der Waals surface area contributed by atoms with E-state index in [-0.39, 0.29) is 0 Å². The number of hydrogen-bond acceptors (Lipinski definition) is 0. The zero-order valence-corrected chi connectivity index (χ0v) is 3.70. The van der Waals surface area contributed by atoms with E-state index in [4.69, 9.17) is 18.2 Å². The van der Waals surface area contributed by atoms with E-state index < -0.39 is 0 Å². The molecule has 0 aliphatic rings. The predicted molar refractivity (Wildman–Crippen MR) is 24.2 cm³/mol. The second-order valence-electron chi connectivity index (χ2n) is 0.713. The van der Waals surface area contributed by atoms with Crippen LogP contribution in [0.4, 0.5) is 0 Å². The topological polar surface area (TPSA) is 0 Å². The van der Waals surface area contributed by atoms with Gasteiger partial charge >= 0.3 is 0 Å². The minimum atomic E-state index is 0.635. The number of halogens is 1. The molecule has 0 aromatic rings. The summed E-state index contributed by atoms with van der Waals surface area (Å²) < 4.78 is 0. The van der Waals surface area contributed by atoms with Crippen molar-refractivity contribution in [1.82, 2.24) is 0 Å². The molecule has 0 atom stereocenters. The first-order valence-corrected chi connectivity index (χ1v) is 2.04. The van der Waals surface area contributed by atoms with Crippen molar-refractivity contribution in [2.75, 3.05) is 5.88 Å². The van der Waals surface area contributed by atoms with Crippen molar-refractivity contribution >= 4 is 11.6 Å². The molecule has 0 amide bonds. The highest BCUT2D eigenvalue weighted by atomic mass is 35.5. The number of hydrogen-bond donors (Lipinski definition) is 0. The van der Waals surface area contributed by atoms with Gasteiger partial charge < -0.3 is 0 Å². The Hall–Kier alpha value is 0.0300. The van der Waals surface area contributed by atoms with E-state index in [0.29, 0.717) is 5.88 Å². The van der Waals surface area contributed by atoms with E-state index in [0.717, 1.165) is 6.42 Å². The van der Waals surface area contributed by atoms with Crippen molar-refractivity contribution in [2.24, 2.45) is 0 Å². The van der Waals surface area contributed by atoms with Gasteiger partial charge in [-0.2, -0.15) is 0 Å². The predicted octanol–water partition coefficient (Wildman–Crippen LogP) is 1.60. The molecule has 0 nitrogen and oxygen atoms in total. The maximum atomic E-state index is 5.19. The third-order valence-corrected chi connectivity index (χ3v) is 0.494. The average Bonchev–Trinajstić information content (AvgIpc) is 1.41. The molecular weight excluding hydrogens is 83.5 g/mol. The van der Waals surface area contributed by atoms with Crippen LogP contribution in [0.3, 0.4) is 0 Å². The molecule has 1 radical (unpaired) electrons. The van der Waals surface area contributed by atoms with Crippen LogP contribution in [-0.4, -0.2) is 5.88 Å². The van der Waals surface area contributed by atoms with Crippen LogP contribution in [-0.2, 0) is 0 Å². The molecule has 0 aromatic carbocycles. The maximum Gasteiger partial charge on any atom is 0.0258 e. The van der Waals surface area contributed by atoms with Crippen LogP contribution in [0, 0.1) is 6.58 Å². The standard InChI is InChI=1S/C4H6Cl/c1-2-3-4-5/h1-2H,3-4H2. The first-order valence-electron chi connectivity index (χ1n) is 1.51. The van der Waals surface area contributed by atoms with Crippen molar-refractivity contribution in [1.29, 1.82) is 0 Å². The van der Waals surface area contributed by atoms with Crippen molar-refractivity contribution in [3.63, 3.8) is 0 Å². The summed E-state index contributed by atoms with van der Waals surface area (Å²) in [7, 11) is 0. The van der Waals surface area contributed by atoms with Gasteiger partial charge in [-0.05, 0) is 6.42 Å². The van der Waals surface area contributed by atoms with Crippen molar-refractivity contribution < 1.29 is 0 Å². The van der Waals surface area contributed by atoms with E-state index in [2.05, 4.69) is 0 Å². The largest absolute Gasteiger partial charge is 0.126 e. The van der Waals surface area contributed by atoms with Crippen LogP contribution in [0.2, 0.25) is 0 Å².